The SMILES string of the molecule is CC(N)C(c1ccc(Cl)s1)N1CC(=O)Nc2ccccc21. The molecule has 0 fully saturated rings. The lowest BCUT2D eigenvalue weighted by Crippen LogP contribution is -2.46. The Labute approximate surface area is 132 Å². The van der Waals surface area contributed by atoms with Crippen molar-refractivity contribution in [2.45, 2.75) is 19.0 Å². The molecule has 110 valence electrons. The van der Waals surface area contributed by atoms with Crippen LogP contribution in [0.25, 0.3) is 0 Å². The average molecular weight is 322 g/mol. The van der Waals surface area contributed by atoms with Crippen molar-refractivity contribution in [2.24, 2.45) is 5.73 Å². The maximum atomic E-state index is 12.0. The number of benzene rings is 1. The number of carbonyl (C=O) groups is 1. The summed E-state index contributed by atoms with van der Waals surface area (Å²) in [5, 5.41) is 2.90. The van der Waals surface area contributed by atoms with Gasteiger partial charge in [0, 0.05) is 10.9 Å². The Balaban J connectivity index is 2.06. The topological polar surface area (TPSA) is 58.4 Å². The molecule has 1 aliphatic rings. The van der Waals surface area contributed by atoms with E-state index >= 15 is 0 Å². The summed E-state index contributed by atoms with van der Waals surface area (Å²) < 4.78 is 0.727. The second kappa shape index (κ2) is 5.67. The highest BCUT2D eigenvalue weighted by Gasteiger charge is 2.31. The normalized spacial score (nSPS) is 17.1. The van der Waals surface area contributed by atoms with Gasteiger partial charge in [-0.25, -0.2) is 0 Å². The number of amides is 1. The number of nitrogens with two attached hydrogens (primary N) is 1. The number of rotatable bonds is 3. The summed E-state index contributed by atoms with van der Waals surface area (Å²) >= 11 is 7.56. The quantitative estimate of drug-likeness (QED) is 0.912. The van der Waals surface area contributed by atoms with Crippen LogP contribution >= 0.6 is 22.9 Å². The monoisotopic (exact) mass is 321 g/mol. The van der Waals surface area contributed by atoms with Gasteiger partial charge in [0.2, 0.25) is 5.91 Å². The van der Waals surface area contributed by atoms with E-state index in [0.29, 0.717) is 6.54 Å². The Morgan fingerprint density at radius 3 is 2.76 bits per heavy atom. The van der Waals surface area contributed by atoms with E-state index in [0.717, 1.165) is 20.6 Å². The van der Waals surface area contributed by atoms with Gasteiger partial charge in [0.05, 0.1) is 28.3 Å². The second-order valence-corrected chi connectivity index (χ2v) is 6.89. The van der Waals surface area contributed by atoms with Crippen LogP contribution in [-0.4, -0.2) is 18.5 Å². The molecule has 3 rings (SSSR count). The third-order valence-corrected chi connectivity index (χ3v) is 4.82. The van der Waals surface area contributed by atoms with Crippen molar-refractivity contribution < 1.29 is 4.79 Å². The smallest absolute Gasteiger partial charge is 0.243 e. The fourth-order valence-corrected chi connectivity index (χ4v) is 3.98. The first-order valence-corrected chi connectivity index (χ1v) is 7.92. The lowest BCUT2D eigenvalue weighted by atomic mass is 10.0. The third-order valence-electron chi connectivity index (χ3n) is 3.52. The van der Waals surface area contributed by atoms with E-state index in [1.807, 2.05) is 43.3 Å². The highest BCUT2D eigenvalue weighted by molar-refractivity contribution is 7.16. The van der Waals surface area contributed by atoms with E-state index in [1.54, 1.807) is 0 Å². The summed E-state index contributed by atoms with van der Waals surface area (Å²) in [7, 11) is 0. The van der Waals surface area contributed by atoms with Crippen LogP contribution in [0.1, 0.15) is 17.8 Å². The zero-order valence-corrected chi connectivity index (χ0v) is 13.1. The number of nitrogens with zero attached hydrogens (tertiary/aromatic N) is 1. The van der Waals surface area contributed by atoms with E-state index in [1.165, 1.54) is 11.3 Å². The van der Waals surface area contributed by atoms with Gasteiger partial charge in [0.1, 0.15) is 0 Å². The molecule has 1 aliphatic heterocycles. The van der Waals surface area contributed by atoms with Gasteiger partial charge >= 0.3 is 0 Å². The van der Waals surface area contributed by atoms with Crippen LogP contribution in [0.3, 0.4) is 0 Å². The van der Waals surface area contributed by atoms with Crippen molar-refractivity contribution in [3.05, 3.63) is 45.6 Å². The second-order valence-electron chi connectivity index (χ2n) is 5.14. The molecular weight excluding hydrogens is 306 g/mol. The molecule has 0 saturated heterocycles. The molecule has 1 amide bonds. The number of hydrogen-bond donors (Lipinski definition) is 2. The van der Waals surface area contributed by atoms with Crippen molar-refractivity contribution in [3.63, 3.8) is 0 Å². The number of carbonyl (C=O) groups excluding carboxylic acids is 1. The maximum absolute atomic E-state index is 12.0. The van der Waals surface area contributed by atoms with Crippen molar-refractivity contribution in [2.75, 3.05) is 16.8 Å². The number of hydrogen-bond acceptors (Lipinski definition) is 4. The zero-order chi connectivity index (χ0) is 15.0. The Bertz CT molecular complexity index is 670. The zero-order valence-electron chi connectivity index (χ0n) is 11.5. The summed E-state index contributed by atoms with van der Waals surface area (Å²) in [5.74, 6) is -0.0259. The van der Waals surface area contributed by atoms with Crippen LogP contribution in [0.15, 0.2) is 36.4 Å². The Morgan fingerprint density at radius 2 is 2.10 bits per heavy atom. The van der Waals surface area contributed by atoms with E-state index in [9.17, 15) is 4.79 Å². The van der Waals surface area contributed by atoms with Crippen LogP contribution in [-0.2, 0) is 4.79 Å². The van der Waals surface area contributed by atoms with Crippen LogP contribution in [0.5, 0.6) is 0 Å². The number of para-hydroxylation sites is 2. The summed E-state index contributed by atoms with van der Waals surface area (Å²) in [5.41, 5.74) is 8.01. The highest BCUT2D eigenvalue weighted by atomic mass is 35.5. The van der Waals surface area contributed by atoms with Gasteiger partial charge in [-0.3, -0.25) is 4.79 Å². The van der Waals surface area contributed by atoms with E-state index in [2.05, 4.69) is 10.2 Å². The molecule has 3 N–H and O–H groups in total. The maximum Gasteiger partial charge on any atom is 0.243 e. The molecule has 0 spiro atoms. The molecule has 2 heterocycles. The highest BCUT2D eigenvalue weighted by Crippen LogP contribution is 2.39. The van der Waals surface area contributed by atoms with Gasteiger partial charge in [0.25, 0.3) is 0 Å². The van der Waals surface area contributed by atoms with E-state index in [4.69, 9.17) is 17.3 Å². The molecular formula is C15H16ClN3OS. The molecule has 0 aliphatic carbocycles. The first kappa shape index (κ1) is 14.4. The van der Waals surface area contributed by atoms with Gasteiger partial charge in [-0.2, -0.15) is 0 Å². The van der Waals surface area contributed by atoms with Crippen molar-refractivity contribution in [1.82, 2.24) is 0 Å². The predicted molar refractivity (Wildman–Crippen MR) is 88.1 cm³/mol. The predicted octanol–water partition coefficient (Wildman–Crippen LogP) is 3.25. The average Bonchev–Trinajstić information content (AvgIpc) is 2.84. The minimum atomic E-state index is -0.126. The summed E-state index contributed by atoms with van der Waals surface area (Å²) in [4.78, 5) is 15.1. The molecule has 2 atom stereocenters. The van der Waals surface area contributed by atoms with Crippen LogP contribution < -0.4 is 16.0 Å². The molecule has 0 saturated carbocycles. The molecule has 21 heavy (non-hydrogen) atoms. The van der Waals surface area contributed by atoms with Gasteiger partial charge in [-0.15, -0.1) is 11.3 Å². The standard InChI is InChI=1S/C15H16ClN3OS/c1-9(17)15(12-6-7-13(16)21-12)19-8-14(20)18-10-4-2-3-5-11(10)19/h2-7,9,15H,8,17H2,1H3,(H,18,20). The minimum absolute atomic E-state index is 0.0259. The van der Waals surface area contributed by atoms with Crippen LogP contribution in [0.4, 0.5) is 11.4 Å². The van der Waals surface area contributed by atoms with Crippen LogP contribution in [0, 0.1) is 0 Å². The number of anilines is 2. The fraction of sp³-hybridized carbons (Fsp3) is 0.267. The summed E-state index contributed by atoms with van der Waals surface area (Å²) in [6.45, 7) is 2.24. The molecule has 2 aromatic rings. The van der Waals surface area contributed by atoms with Crippen molar-refractivity contribution in [1.29, 1.82) is 0 Å². The van der Waals surface area contributed by atoms with Crippen molar-refractivity contribution >= 4 is 40.2 Å². The number of thiophene rings is 1. The molecule has 0 bridgehead atoms. The summed E-state index contributed by atoms with van der Waals surface area (Å²) in [6, 6.07) is 11.4. The number of halogens is 1. The molecule has 2 unspecified atom stereocenters. The first-order chi connectivity index (χ1) is 10.1. The Hall–Kier alpha value is -1.56. The Morgan fingerprint density at radius 1 is 1.33 bits per heavy atom. The third kappa shape index (κ3) is 2.77. The molecule has 0 radical (unpaired) electrons. The largest absolute Gasteiger partial charge is 0.351 e. The summed E-state index contributed by atoms with van der Waals surface area (Å²) in [6.07, 6.45) is 0. The Kier molecular flexibility index (Phi) is 3.89. The molecule has 6 heteroatoms. The van der Waals surface area contributed by atoms with Crippen LogP contribution in [0.2, 0.25) is 4.34 Å². The molecule has 4 nitrogen and oxygen atoms in total. The lowest BCUT2D eigenvalue weighted by molar-refractivity contribution is -0.115. The number of nitrogens with one attached hydrogen (secondary N) is 1. The minimum Gasteiger partial charge on any atom is -0.351 e. The van der Waals surface area contributed by atoms with Gasteiger partial charge < -0.3 is 16.0 Å². The molecule has 1 aromatic heterocycles. The van der Waals surface area contributed by atoms with Gasteiger partial charge in [-0.1, -0.05) is 23.7 Å². The first-order valence-electron chi connectivity index (χ1n) is 6.72. The van der Waals surface area contributed by atoms with Crippen molar-refractivity contribution in [3.8, 4) is 0 Å². The van der Waals surface area contributed by atoms with Gasteiger partial charge in [0.15, 0.2) is 0 Å². The number of fused-ring (bicyclic) bond motifs is 1. The van der Waals surface area contributed by atoms with Gasteiger partial charge in [-0.05, 0) is 31.2 Å². The molecule has 1 aromatic carbocycles. The van der Waals surface area contributed by atoms with E-state index < -0.39 is 0 Å². The lowest BCUT2D eigenvalue weighted by Gasteiger charge is -2.38. The van der Waals surface area contributed by atoms with E-state index in [-0.39, 0.29) is 18.0 Å². The fourth-order valence-electron chi connectivity index (χ4n) is 2.69.